The minimum Gasteiger partial charge on any atom is -0.361 e. The van der Waals surface area contributed by atoms with Gasteiger partial charge in [0.2, 0.25) is 0 Å². The second kappa shape index (κ2) is 4.99. The van der Waals surface area contributed by atoms with Gasteiger partial charge in [-0.25, -0.2) is 0 Å². The minimum atomic E-state index is 0.170. The van der Waals surface area contributed by atoms with Crippen LogP contribution in [0.15, 0.2) is 47.7 Å². The number of aliphatic imine (C=N–C) groups is 1. The summed E-state index contributed by atoms with van der Waals surface area (Å²) in [7, 11) is 0. The summed E-state index contributed by atoms with van der Waals surface area (Å²) in [5, 5.41) is 1.21. The third kappa shape index (κ3) is 2.02. The fourth-order valence-electron chi connectivity index (χ4n) is 1.80. The lowest BCUT2D eigenvalue weighted by Crippen LogP contribution is -1.95. The van der Waals surface area contributed by atoms with Crippen LogP contribution >= 0.6 is 11.6 Å². The first kappa shape index (κ1) is 11.0. The highest BCUT2D eigenvalue weighted by molar-refractivity contribution is 6.18. The van der Waals surface area contributed by atoms with E-state index in [1.54, 1.807) is 6.20 Å². The van der Waals surface area contributed by atoms with Crippen molar-refractivity contribution in [2.45, 2.75) is 5.92 Å². The summed E-state index contributed by atoms with van der Waals surface area (Å²) in [5.74, 6) is 0.705. The molecule has 1 N–H and O–H groups in total. The van der Waals surface area contributed by atoms with E-state index in [0.717, 1.165) is 5.52 Å². The van der Waals surface area contributed by atoms with Gasteiger partial charge in [0, 0.05) is 35.1 Å². The van der Waals surface area contributed by atoms with Gasteiger partial charge in [-0.2, -0.15) is 0 Å². The summed E-state index contributed by atoms with van der Waals surface area (Å²) in [5.41, 5.74) is 2.33. The van der Waals surface area contributed by atoms with Crippen LogP contribution in [0.4, 0.5) is 0 Å². The van der Waals surface area contributed by atoms with E-state index >= 15 is 0 Å². The molecule has 1 atom stereocenters. The van der Waals surface area contributed by atoms with E-state index in [1.807, 2.05) is 24.4 Å². The van der Waals surface area contributed by atoms with E-state index in [2.05, 4.69) is 28.8 Å². The number of rotatable bonds is 4. The largest absolute Gasteiger partial charge is 0.361 e. The molecule has 0 fully saturated rings. The van der Waals surface area contributed by atoms with E-state index in [0.29, 0.717) is 5.88 Å². The normalized spacial score (nSPS) is 13.3. The lowest BCUT2D eigenvalue weighted by Gasteiger charge is -2.06. The third-order valence-corrected chi connectivity index (χ3v) is 2.94. The van der Waals surface area contributed by atoms with Crippen molar-refractivity contribution in [2.24, 2.45) is 4.99 Å². The van der Waals surface area contributed by atoms with Gasteiger partial charge in [0.15, 0.2) is 0 Å². The number of halogens is 1. The van der Waals surface area contributed by atoms with Gasteiger partial charge in [-0.15, -0.1) is 11.6 Å². The Balaban J connectivity index is 2.44. The Hall–Kier alpha value is -1.54. The Morgan fingerprint density at radius 2 is 2.25 bits per heavy atom. The quantitative estimate of drug-likeness (QED) is 0.615. The molecule has 3 heteroatoms. The van der Waals surface area contributed by atoms with Crippen molar-refractivity contribution in [3.63, 3.8) is 0 Å². The molecule has 82 valence electrons. The molecule has 0 aliphatic heterocycles. The first-order valence-corrected chi connectivity index (χ1v) is 5.64. The molecular weight excluding hydrogens is 220 g/mol. The van der Waals surface area contributed by atoms with E-state index in [-0.39, 0.29) is 5.92 Å². The Morgan fingerprint density at radius 1 is 1.44 bits per heavy atom. The number of hydrogen-bond acceptors (Lipinski definition) is 1. The first-order valence-electron chi connectivity index (χ1n) is 5.11. The van der Waals surface area contributed by atoms with E-state index in [1.165, 1.54) is 10.9 Å². The number of para-hydroxylation sites is 1. The Kier molecular flexibility index (Phi) is 3.42. The third-order valence-electron chi connectivity index (χ3n) is 2.61. The standard InChI is InChI=1S/C13H13ClN2/c1-15-7-6-10(8-14)12-9-16-13-5-3-2-4-11(12)13/h2-7,9-10,16H,1,8H2/b7-6-. The van der Waals surface area contributed by atoms with Gasteiger partial charge >= 0.3 is 0 Å². The Morgan fingerprint density at radius 3 is 3.00 bits per heavy atom. The Labute approximate surface area is 99.7 Å². The van der Waals surface area contributed by atoms with Crippen LogP contribution in [-0.4, -0.2) is 17.6 Å². The number of aromatic nitrogens is 1. The second-order valence-electron chi connectivity index (χ2n) is 3.57. The van der Waals surface area contributed by atoms with Crippen LogP contribution in [0, 0.1) is 0 Å². The van der Waals surface area contributed by atoms with Crippen LogP contribution in [0.2, 0.25) is 0 Å². The number of allylic oxidation sites excluding steroid dienone is 1. The van der Waals surface area contributed by atoms with Gasteiger partial charge in [0.05, 0.1) is 0 Å². The SMILES string of the molecule is C=N/C=C\C(CCl)c1c[nH]c2ccccc12. The maximum atomic E-state index is 5.97. The first-order chi connectivity index (χ1) is 7.86. The zero-order chi connectivity index (χ0) is 11.4. The van der Waals surface area contributed by atoms with Gasteiger partial charge in [0.1, 0.15) is 0 Å². The average molecular weight is 233 g/mol. The van der Waals surface area contributed by atoms with Crippen LogP contribution in [0.1, 0.15) is 11.5 Å². The number of fused-ring (bicyclic) bond motifs is 1. The fourth-order valence-corrected chi connectivity index (χ4v) is 2.07. The number of hydrogen-bond donors (Lipinski definition) is 1. The van der Waals surface area contributed by atoms with Crippen molar-refractivity contribution in [2.75, 3.05) is 5.88 Å². The van der Waals surface area contributed by atoms with Crippen LogP contribution < -0.4 is 0 Å². The predicted octanol–water partition coefficient (Wildman–Crippen LogP) is 3.70. The monoisotopic (exact) mass is 232 g/mol. The van der Waals surface area contributed by atoms with Crippen LogP contribution in [0.25, 0.3) is 10.9 Å². The van der Waals surface area contributed by atoms with Gasteiger partial charge in [-0.3, -0.25) is 4.99 Å². The minimum absolute atomic E-state index is 0.170. The highest BCUT2D eigenvalue weighted by Gasteiger charge is 2.11. The predicted molar refractivity (Wildman–Crippen MR) is 70.4 cm³/mol. The maximum Gasteiger partial charge on any atom is 0.0457 e. The summed E-state index contributed by atoms with van der Waals surface area (Å²) in [4.78, 5) is 6.95. The molecule has 0 amide bonds. The molecule has 0 saturated heterocycles. The lowest BCUT2D eigenvalue weighted by atomic mass is 10.0. The molecule has 0 spiro atoms. The summed E-state index contributed by atoms with van der Waals surface area (Å²) < 4.78 is 0. The van der Waals surface area contributed by atoms with Crippen molar-refractivity contribution >= 4 is 29.2 Å². The number of alkyl halides is 1. The Bertz CT molecular complexity index is 513. The lowest BCUT2D eigenvalue weighted by molar-refractivity contribution is 0.984. The van der Waals surface area contributed by atoms with E-state index in [4.69, 9.17) is 11.6 Å². The van der Waals surface area contributed by atoms with Crippen molar-refractivity contribution in [1.29, 1.82) is 0 Å². The summed E-state index contributed by atoms with van der Waals surface area (Å²) in [6, 6.07) is 8.19. The van der Waals surface area contributed by atoms with Crippen molar-refractivity contribution < 1.29 is 0 Å². The van der Waals surface area contributed by atoms with Gasteiger partial charge in [-0.1, -0.05) is 24.3 Å². The van der Waals surface area contributed by atoms with Crippen molar-refractivity contribution in [3.05, 3.63) is 48.3 Å². The van der Waals surface area contributed by atoms with Crippen LogP contribution in [0.3, 0.4) is 0 Å². The molecule has 1 heterocycles. The molecule has 0 aliphatic carbocycles. The molecular formula is C13H13ClN2. The number of aromatic amines is 1. The van der Waals surface area contributed by atoms with Gasteiger partial charge in [-0.05, 0) is 18.3 Å². The second-order valence-corrected chi connectivity index (χ2v) is 3.88. The summed E-state index contributed by atoms with van der Waals surface area (Å²) in [6.45, 7) is 3.42. The molecule has 2 aromatic rings. The molecule has 1 unspecified atom stereocenters. The highest BCUT2D eigenvalue weighted by Crippen LogP contribution is 2.27. The summed E-state index contributed by atoms with van der Waals surface area (Å²) in [6.07, 6.45) is 5.66. The molecule has 16 heavy (non-hydrogen) atoms. The zero-order valence-corrected chi connectivity index (χ0v) is 9.61. The van der Waals surface area contributed by atoms with Crippen LogP contribution in [0.5, 0.6) is 0 Å². The average Bonchev–Trinajstić information content (AvgIpc) is 2.75. The summed E-state index contributed by atoms with van der Waals surface area (Å²) >= 11 is 5.97. The maximum absolute atomic E-state index is 5.97. The number of nitrogens with one attached hydrogen (secondary N) is 1. The molecule has 2 nitrogen and oxygen atoms in total. The van der Waals surface area contributed by atoms with Crippen molar-refractivity contribution in [1.82, 2.24) is 4.98 Å². The molecule has 0 saturated carbocycles. The van der Waals surface area contributed by atoms with Gasteiger partial charge < -0.3 is 4.98 Å². The van der Waals surface area contributed by atoms with Gasteiger partial charge in [0.25, 0.3) is 0 Å². The molecule has 1 aromatic carbocycles. The highest BCUT2D eigenvalue weighted by atomic mass is 35.5. The molecule has 0 aliphatic rings. The number of nitrogens with zero attached hydrogens (tertiary/aromatic N) is 1. The van der Waals surface area contributed by atoms with Crippen LogP contribution in [-0.2, 0) is 0 Å². The molecule has 2 rings (SSSR count). The number of H-pyrrole nitrogens is 1. The van der Waals surface area contributed by atoms with Crippen molar-refractivity contribution in [3.8, 4) is 0 Å². The topological polar surface area (TPSA) is 28.1 Å². The zero-order valence-electron chi connectivity index (χ0n) is 8.86. The molecule has 0 radical (unpaired) electrons. The fraction of sp³-hybridized carbons (Fsp3) is 0.154. The number of benzene rings is 1. The van der Waals surface area contributed by atoms with E-state index < -0.39 is 0 Å². The smallest absolute Gasteiger partial charge is 0.0457 e. The van der Waals surface area contributed by atoms with E-state index in [9.17, 15) is 0 Å². The molecule has 0 bridgehead atoms. The molecule has 1 aromatic heterocycles.